The van der Waals surface area contributed by atoms with Crippen LogP contribution in [0.25, 0.3) is 5.57 Å². The Morgan fingerprint density at radius 1 is 0.962 bits per heavy atom. The molecule has 26 heavy (non-hydrogen) atoms. The van der Waals surface area contributed by atoms with Crippen molar-refractivity contribution in [2.24, 2.45) is 0 Å². The number of aromatic nitrogens is 2. The number of carbonyl (C=O) groups excluding carboxylic acids is 1. The third-order valence-corrected chi connectivity index (χ3v) is 3.72. The Kier molecular flexibility index (Phi) is 5.39. The van der Waals surface area contributed by atoms with Gasteiger partial charge in [-0.1, -0.05) is 54.6 Å². The number of nitrogens with zero attached hydrogens (tertiary/aromatic N) is 2. The quantitative estimate of drug-likeness (QED) is 0.500. The van der Waals surface area contributed by atoms with E-state index in [0.29, 0.717) is 17.2 Å². The molecule has 5 nitrogen and oxygen atoms in total. The van der Waals surface area contributed by atoms with Crippen molar-refractivity contribution in [2.45, 2.75) is 13.8 Å². The van der Waals surface area contributed by atoms with Crippen molar-refractivity contribution in [3.05, 3.63) is 84.2 Å². The van der Waals surface area contributed by atoms with Crippen LogP contribution in [0.2, 0.25) is 0 Å². The molecule has 0 amide bonds. The van der Waals surface area contributed by atoms with Crippen LogP contribution in [0.1, 0.15) is 18.1 Å². The lowest BCUT2D eigenvalue weighted by Crippen LogP contribution is -2.11. The fraction of sp³-hybridized carbons (Fsp3) is 0.0952. The highest BCUT2D eigenvalue weighted by Gasteiger charge is 2.15. The molecule has 0 spiro atoms. The van der Waals surface area contributed by atoms with Gasteiger partial charge >= 0.3 is 5.97 Å². The molecule has 0 atom stereocenters. The number of rotatable bonds is 5. The van der Waals surface area contributed by atoms with Crippen molar-refractivity contribution in [1.82, 2.24) is 9.97 Å². The number of hydrogen-bond donors (Lipinski definition) is 0. The summed E-state index contributed by atoms with van der Waals surface area (Å²) in [5.74, 6) is 0.629. The Labute approximate surface area is 152 Å². The molecule has 3 rings (SSSR count). The average molecular weight is 346 g/mol. The van der Waals surface area contributed by atoms with Gasteiger partial charge in [0.1, 0.15) is 12.1 Å². The minimum Gasteiger partial charge on any atom is -0.439 e. The van der Waals surface area contributed by atoms with Gasteiger partial charge in [0.05, 0.1) is 11.6 Å². The summed E-state index contributed by atoms with van der Waals surface area (Å²) in [7, 11) is 0. The van der Waals surface area contributed by atoms with Crippen LogP contribution < -0.4 is 9.47 Å². The van der Waals surface area contributed by atoms with E-state index in [0.717, 1.165) is 11.1 Å². The summed E-state index contributed by atoms with van der Waals surface area (Å²) in [6, 6.07) is 18.4. The molecule has 5 heteroatoms. The van der Waals surface area contributed by atoms with Crippen LogP contribution in [0, 0.1) is 6.92 Å². The van der Waals surface area contributed by atoms with E-state index in [1.807, 2.05) is 61.5 Å². The molecule has 3 aromatic rings. The number of ether oxygens (including phenoxy) is 2. The standard InChI is InChI=1S/C21H18N2O3/c1-3-17(16-10-5-4-6-11-16)21(24)26-20-13-19(22-14-23-20)25-18-12-8-7-9-15(18)2/h3-14H,1-2H3. The highest BCUT2D eigenvalue weighted by molar-refractivity contribution is 6.17. The maximum atomic E-state index is 12.5. The normalized spacial score (nSPS) is 11.1. The lowest BCUT2D eigenvalue weighted by molar-refractivity contribution is -0.128. The first-order valence-electron chi connectivity index (χ1n) is 8.17. The van der Waals surface area contributed by atoms with Gasteiger partial charge in [-0.15, -0.1) is 0 Å². The summed E-state index contributed by atoms with van der Waals surface area (Å²) < 4.78 is 11.1. The topological polar surface area (TPSA) is 61.3 Å². The fourth-order valence-electron chi connectivity index (χ4n) is 2.39. The molecular formula is C21H18N2O3. The first-order chi connectivity index (χ1) is 12.7. The summed E-state index contributed by atoms with van der Waals surface area (Å²) in [5.41, 5.74) is 2.22. The first kappa shape index (κ1) is 17.4. The molecule has 2 aromatic carbocycles. The predicted octanol–water partition coefficient (Wildman–Crippen LogP) is 4.59. The highest BCUT2D eigenvalue weighted by atomic mass is 16.5. The molecule has 1 heterocycles. The maximum Gasteiger partial charge on any atom is 0.345 e. The number of benzene rings is 2. The lowest BCUT2D eigenvalue weighted by atomic mass is 10.1. The summed E-state index contributed by atoms with van der Waals surface area (Å²) in [6.07, 6.45) is 3.01. The monoisotopic (exact) mass is 346 g/mol. The van der Waals surface area contributed by atoms with Crippen molar-refractivity contribution in [1.29, 1.82) is 0 Å². The van der Waals surface area contributed by atoms with Crippen LogP contribution >= 0.6 is 0 Å². The average Bonchev–Trinajstić information content (AvgIpc) is 2.65. The van der Waals surface area contributed by atoms with E-state index < -0.39 is 5.97 Å². The Bertz CT molecular complexity index is 937. The number of carbonyl (C=O) groups is 1. The van der Waals surface area contributed by atoms with Crippen molar-refractivity contribution in [2.75, 3.05) is 0 Å². The predicted molar refractivity (Wildman–Crippen MR) is 99.0 cm³/mol. The smallest absolute Gasteiger partial charge is 0.345 e. The summed E-state index contributed by atoms with van der Waals surface area (Å²) in [5, 5.41) is 0. The van der Waals surface area contributed by atoms with Crippen LogP contribution in [-0.2, 0) is 4.79 Å². The summed E-state index contributed by atoms with van der Waals surface area (Å²) in [4.78, 5) is 20.5. The van der Waals surface area contributed by atoms with Gasteiger partial charge in [0.2, 0.25) is 11.8 Å². The Hall–Kier alpha value is -3.47. The minimum atomic E-state index is -0.487. The molecule has 1 aromatic heterocycles. The van der Waals surface area contributed by atoms with Crippen molar-refractivity contribution in [3.8, 4) is 17.5 Å². The molecule has 0 radical (unpaired) electrons. The van der Waals surface area contributed by atoms with Crippen molar-refractivity contribution in [3.63, 3.8) is 0 Å². The molecule has 0 unspecified atom stereocenters. The number of allylic oxidation sites excluding steroid dienone is 1. The molecule has 0 aliphatic heterocycles. The van der Waals surface area contributed by atoms with Crippen LogP contribution in [0.4, 0.5) is 0 Å². The van der Waals surface area contributed by atoms with Gasteiger partial charge in [0.15, 0.2) is 0 Å². The van der Waals surface area contributed by atoms with Gasteiger partial charge in [-0.3, -0.25) is 0 Å². The molecule has 0 bridgehead atoms. The zero-order valence-electron chi connectivity index (χ0n) is 14.5. The van der Waals surface area contributed by atoms with E-state index in [1.54, 1.807) is 13.0 Å². The fourth-order valence-corrected chi connectivity index (χ4v) is 2.39. The van der Waals surface area contributed by atoms with E-state index in [4.69, 9.17) is 9.47 Å². The minimum absolute atomic E-state index is 0.129. The molecule has 0 aliphatic rings. The van der Waals surface area contributed by atoms with Crippen molar-refractivity contribution < 1.29 is 14.3 Å². The third-order valence-electron chi connectivity index (χ3n) is 3.72. The van der Waals surface area contributed by atoms with Gasteiger partial charge < -0.3 is 9.47 Å². The van der Waals surface area contributed by atoms with E-state index in [1.165, 1.54) is 12.4 Å². The SMILES string of the molecule is CC=C(C(=O)Oc1cc(Oc2ccccc2C)ncn1)c1ccccc1. The maximum absolute atomic E-state index is 12.5. The second-order valence-corrected chi connectivity index (χ2v) is 5.52. The second kappa shape index (κ2) is 8.07. The first-order valence-corrected chi connectivity index (χ1v) is 8.17. The number of aryl methyl sites for hydroxylation is 1. The van der Waals surface area contributed by atoms with Crippen LogP contribution in [-0.4, -0.2) is 15.9 Å². The van der Waals surface area contributed by atoms with Gasteiger partial charge in [-0.2, -0.15) is 0 Å². The van der Waals surface area contributed by atoms with Gasteiger partial charge in [0, 0.05) is 0 Å². The van der Waals surface area contributed by atoms with Gasteiger partial charge in [-0.05, 0) is 31.0 Å². The van der Waals surface area contributed by atoms with Crippen LogP contribution in [0.15, 0.2) is 73.1 Å². The largest absolute Gasteiger partial charge is 0.439 e. The number of hydrogen-bond acceptors (Lipinski definition) is 5. The Balaban J connectivity index is 1.76. The Morgan fingerprint density at radius 2 is 1.65 bits per heavy atom. The van der Waals surface area contributed by atoms with Gasteiger partial charge in [0.25, 0.3) is 0 Å². The van der Waals surface area contributed by atoms with Gasteiger partial charge in [-0.25, -0.2) is 14.8 Å². The Morgan fingerprint density at radius 3 is 2.38 bits per heavy atom. The molecule has 0 aliphatic carbocycles. The molecule has 0 N–H and O–H groups in total. The zero-order chi connectivity index (χ0) is 18.4. The third kappa shape index (κ3) is 4.13. The summed E-state index contributed by atoms with van der Waals surface area (Å²) in [6.45, 7) is 3.73. The second-order valence-electron chi connectivity index (χ2n) is 5.52. The molecule has 0 saturated heterocycles. The van der Waals surface area contributed by atoms with E-state index in [9.17, 15) is 4.79 Å². The van der Waals surface area contributed by atoms with Crippen LogP contribution in [0.3, 0.4) is 0 Å². The molecular weight excluding hydrogens is 328 g/mol. The molecule has 130 valence electrons. The van der Waals surface area contributed by atoms with Crippen molar-refractivity contribution >= 4 is 11.5 Å². The number of para-hydroxylation sites is 1. The number of esters is 1. The van der Waals surface area contributed by atoms with E-state index in [2.05, 4.69) is 9.97 Å². The molecule has 0 saturated carbocycles. The molecule has 0 fully saturated rings. The lowest BCUT2D eigenvalue weighted by Gasteiger charge is -2.09. The summed E-state index contributed by atoms with van der Waals surface area (Å²) >= 11 is 0. The van der Waals surface area contributed by atoms with Crippen LogP contribution in [0.5, 0.6) is 17.5 Å². The van der Waals surface area contributed by atoms with E-state index >= 15 is 0 Å². The zero-order valence-corrected chi connectivity index (χ0v) is 14.5. The van der Waals surface area contributed by atoms with E-state index in [-0.39, 0.29) is 5.88 Å². The highest BCUT2D eigenvalue weighted by Crippen LogP contribution is 2.25.